The smallest absolute Gasteiger partial charge is 0.313 e. The molecule has 0 amide bonds. The molecule has 1 N–H and O–H groups in total. The molecular weight excluding hydrogens is 490 g/mol. The van der Waals surface area contributed by atoms with Crippen LogP contribution in [0.15, 0.2) is 0 Å². The first-order chi connectivity index (χ1) is 15.6. The first kappa shape index (κ1) is 29.2. The Bertz CT molecular complexity index is 720. The molecule has 0 saturated heterocycles. The fourth-order valence-electron chi connectivity index (χ4n) is 2.45. The van der Waals surface area contributed by atoms with Crippen LogP contribution in [0.2, 0.25) is 0 Å². The maximum absolute atomic E-state index is 11.8. The first-order valence-corrected chi connectivity index (χ1v) is 8.37. The van der Waals surface area contributed by atoms with Gasteiger partial charge in [0.1, 0.15) is 18.1 Å². The van der Waals surface area contributed by atoms with Gasteiger partial charge in [0.05, 0.1) is 4.91 Å². The lowest BCUT2D eigenvalue weighted by Crippen LogP contribution is -2.47. The van der Waals surface area contributed by atoms with Crippen molar-refractivity contribution >= 4 is 0 Å². The van der Waals surface area contributed by atoms with Crippen LogP contribution in [0.25, 0.3) is 0 Å². The van der Waals surface area contributed by atoms with E-state index in [-0.39, 0.29) is 0 Å². The quantitative estimate of drug-likeness (QED) is 0.138. The lowest BCUT2D eigenvalue weighted by atomic mass is 9.90. The van der Waals surface area contributed by atoms with Gasteiger partial charge in [0.15, 0.2) is 24.0 Å². The van der Waals surface area contributed by atoms with Crippen LogP contribution in [-0.4, -0.2) is 92.8 Å². The molecule has 0 aromatic carbocycles. The van der Waals surface area contributed by atoms with Crippen molar-refractivity contribution in [1.82, 2.24) is 0 Å². The summed E-state index contributed by atoms with van der Waals surface area (Å²) in [7, 11) is 0. The number of rotatable bonds is 20. The molecule has 24 heteroatoms. The van der Waals surface area contributed by atoms with Gasteiger partial charge in [-0.3, -0.25) is 30.3 Å². The molecule has 0 saturated carbocycles. The Morgan fingerprint density at radius 2 is 0.824 bits per heavy atom. The average Bonchev–Trinajstić information content (AvgIpc) is 2.65. The van der Waals surface area contributed by atoms with Crippen molar-refractivity contribution in [2.75, 3.05) is 52.6 Å². The highest BCUT2D eigenvalue weighted by Gasteiger charge is 2.50. The minimum absolute atomic E-state index is 0.861. The molecule has 24 nitrogen and oxygen atoms in total. The average molecular weight is 507 g/mol. The maximum atomic E-state index is 11.8. The molecule has 0 spiro atoms. The lowest BCUT2D eigenvalue weighted by molar-refractivity contribution is -0.985. The fourth-order valence-corrected chi connectivity index (χ4v) is 2.45. The van der Waals surface area contributed by atoms with E-state index in [1.54, 1.807) is 0 Å². The van der Waals surface area contributed by atoms with Crippen LogP contribution < -0.4 is 0 Å². The van der Waals surface area contributed by atoms with Crippen LogP contribution in [0.4, 0.5) is 0 Å². The Balaban J connectivity index is 5.55. The summed E-state index contributed by atoms with van der Waals surface area (Å²) in [6.45, 7) is -10.2. The second-order valence-electron chi connectivity index (χ2n) is 6.75. The van der Waals surface area contributed by atoms with Crippen molar-refractivity contribution in [3.63, 3.8) is 0 Å². The Hall–Kier alpha value is -4.80. The van der Waals surface area contributed by atoms with E-state index in [2.05, 4.69) is 19.4 Å². The number of nitro groups is 3. The van der Waals surface area contributed by atoms with Crippen molar-refractivity contribution in [2.45, 2.75) is 0 Å². The zero-order chi connectivity index (χ0) is 26.5. The van der Waals surface area contributed by atoms with Gasteiger partial charge in [-0.15, -0.1) is 20.2 Å². The summed E-state index contributed by atoms with van der Waals surface area (Å²) < 4.78 is 0. The van der Waals surface area contributed by atoms with Gasteiger partial charge >= 0.3 is 5.09 Å². The monoisotopic (exact) mass is 507 g/mol. The summed E-state index contributed by atoms with van der Waals surface area (Å²) in [4.78, 5) is 88.8. The Kier molecular flexibility index (Phi) is 11.1. The Morgan fingerprint density at radius 1 is 0.529 bits per heavy atom. The van der Waals surface area contributed by atoms with Gasteiger partial charge < -0.3 is 9.68 Å². The largest absolute Gasteiger partial charge is 0.477 e. The molecule has 0 rings (SSSR count). The van der Waals surface area contributed by atoms with Crippen LogP contribution in [0.1, 0.15) is 0 Å². The van der Waals surface area contributed by atoms with Crippen LogP contribution in [0.3, 0.4) is 0 Å². The molecule has 0 fully saturated rings. The molecule has 0 aromatic heterocycles. The van der Waals surface area contributed by atoms with E-state index in [9.17, 15) is 60.4 Å². The molecule has 1 atom stereocenters. The lowest BCUT2D eigenvalue weighted by Gasteiger charge is -2.21. The third-order valence-electron chi connectivity index (χ3n) is 3.77. The number of hydrogen-bond donors (Lipinski definition) is 1. The van der Waals surface area contributed by atoms with Crippen LogP contribution in [0, 0.1) is 71.2 Å². The normalized spacial score (nSPS) is 12.5. The second kappa shape index (κ2) is 12.9. The fraction of sp³-hybridized carbons (Fsp3) is 1.00. The van der Waals surface area contributed by atoms with Gasteiger partial charge in [0, 0.05) is 14.8 Å². The van der Waals surface area contributed by atoms with E-state index in [1.165, 1.54) is 0 Å². The molecular formula is C10H17N7O17+2. The summed E-state index contributed by atoms with van der Waals surface area (Å²) in [6.07, 6.45) is 0. The van der Waals surface area contributed by atoms with Gasteiger partial charge in [-0.05, 0) is 0 Å². The van der Waals surface area contributed by atoms with Crippen molar-refractivity contribution in [3.05, 3.63) is 60.4 Å². The van der Waals surface area contributed by atoms with E-state index < -0.39 is 98.4 Å². The molecule has 0 aromatic rings. The summed E-state index contributed by atoms with van der Waals surface area (Å²) >= 11 is 0. The predicted molar refractivity (Wildman–Crippen MR) is 92.2 cm³/mol. The van der Waals surface area contributed by atoms with Gasteiger partial charge in [0.25, 0.3) is 16.7 Å². The van der Waals surface area contributed by atoms with Crippen LogP contribution in [0.5, 0.6) is 0 Å². The molecule has 34 heavy (non-hydrogen) atoms. The molecule has 0 aliphatic carbocycles. The third-order valence-corrected chi connectivity index (χ3v) is 3.77. The molecule has 0 bridgehead atoms. The van der Waals surface area contributed by atoms with Crippen molar-refractivity contribution in [2.24, 2.45) is 10.8 Å². The topological polar surface area (TPSA) is 313 Å². The highest BCUT2D eigenvalue weighted by Crippen LogP contribution is 2.22. The second-order valence-corrected chi connectivity index (χ2v) is 6.75. The van der Waals surface area contributed by atoms with Crippen molar-refractivity contribution < 1.29 is 59.5 Å². The maximum Gasteiger partial charge on any atom is 0.477 e. The Morgan fingerprint density at radius 3 is 1.09 bits per heavy atom. The molecule has 0 heterocycles. The number of hydrogen-bond acceptors (Lipinski definition) is 16. The van der Waals surface area contributed by atoms with E-state index in [0.29, 0.717) is 0 Å². The van der Waals surface area contributed by atoms with E-state index >= 15 is 0 Å². The molecule has 0 aliphatic rings. The summed E-state index contributed by atoms with van der Waals surface area (Å²) in [5.41, 5.74) is -4.68. The Labute approximate surface area is 184 Å². The van der Waals surface area contributed by atoms with Gasteiger partial charge in [-0.1, -0.05) is 0 Å². The molecule has 0 radical (unpaired) electrons. The highest BCUT2D eigenvalue weighted by molar-refractivity contribution is 4.78. The number of nitrogens with zero attached hydrogens (tertiary/aromatic N) is 7. The van der Waals surface area contributed by atoms with E-state index in [1.807, 2.05) is 0 Å². The molecule has 192 valence electrons. The van der Waals surface area contributed by atoms with E-state index in [0.717, 1.165) is 0 Å². The SMILES string of the molecule is O=[N+]([O-])CC(CO[N+](=O)[O-])(CO[N+](=O)OCC(CO[N+](=O)[O-])(C[N+](=O)[O-])C[N+](=O)O)C[N+](=O)[O-]. The van der Waals surface area contributed by atoms with Gasteiger partial charge in [-0.2, -0.15) is 9.68 Å². The van der Waals surface area contributed by atoms with Crippen LogP contribution >= 0.6 is 0 Å². The van der Waals surface area contributed by atoms with Crippen molar-refractivity contribution in [3.8, 4) is 0 Å². The zero-order valence-corrected chi connectivity index (χ0v) is 16.8. The standard InChI is InChI=1S/C10H17N7O17/c18-11(19)1-9(2-12(20)21,5-31-15(26)27)7-33-17(30)34-8-10(3-13(22)23,4-14(24)25)6-32-16(28)29/h1-8H2,(H,18,19)/q+2. The third kappa shape index (κ3) is 12.2. The summed E-state index contributed by atoms with van der Waals surface area (Å²) in [6, 6.07) is 0. The summed E-state index contributed by atoms with van der Waals surface area (Å²) in [5, 5.41) is 58.6. The predicted octanol–water partition coefficient (Wildman–Crippen LogP) is -1.98. The van der Waals surface area contributed by atoms with Crippen LogP contribution in [-0.2, 0) is 19.4 Å². The molecule has 0 aliphatic heterocycles. The van der Waals surface area contributed by atoms with Gasteiger partial charge in [-0.25, -0.2) is 5.21 Å². The first-order valence-electron chi connectivity index (χ1n) is 8.37. The molecule has 1 unspecified atom stereocenters. The summed E-state index contributed by atoms with van der Waals surface area (Å²) in [5.74, 6) is 0. The minimum Gasteiger partial charge on any atom is -0.313 e. The highest BCUT2D eigenvalue weighted by atomic mass is 17.0. The van der Waals surface area contributed by atoms with Gasteiger partial charge in [0.2, 0.25) is 24.6 Å². The minimum atomic E-state index is -2.37. The zero-order valence-electron chi connectivity index (χ0n) is 16.8. The van der Waals surface area contributed by atoms with Crippen molar-refractivity contribution in [1.29, 1.82) is 0 Å². The van der Waals surface area contributed by atoms with E-state index in [4.69, 9.17) is 5.21 Å².